The first-order chi connectivity index (χ1) is 17.8. The van der Waals surface area contributed by atoms with Gasteiger partial charge in [-0.2, -0.15) is 0 Å². The van der Waals surface area contributed by atoms with Crippen molar-refractivity contribution >= 4 is 124 Å². The number of primary amides is 2. The van der Waals surface area contributed by atoms with Gasteiger partial charge in [-0.1, -0.05) is 6.08 Å². The van der Waals surface area contributed by atoms with Crippen molar-refractivity contribution < 1.29 is 47.2 Å². The second-order valence-electron chi connectivity index (χ2n) is 6.55. The van der Waals surface area contributed by atoms with Gasteiger partial charge in [0.1, 0.15) is 6.61 Å². The summed E-state index contributed by atoms with van der Waals surface area (Å²) in [5, 5.41) is 10.6. The molecular formula is C20H15F2I5N3O6V2. The monoisotopic (exact) mass is 1170 g/mol. The fraction of sp³-hybridized carbons (Fsp3) is 0.100. The standard InChI is InChI=1S/C10H7FN2O4.C10H8FNO2.5HI.2V/c11-8-2-1-6(10(12)14)7-3-5(13(15)16)4-17-9(7)8;11-8-4-3-7(10(12)13)6-2-1-5-14-9(6)8;;;;;;;/h1-3H,4H2,(H2,12,14);1-4H,5H2,(H2,12,13);5*1H;;/q;;;;;;;+2;+3/p-5. The molecule has 0 unspecified atom stereocenters. The third-order valence-corrected chi connectivity index (χ3v) is 4.35. The van der Waals surface area contributed by atoms with Crippen LogP contribution in [-0.2, 0) is 14.4 Å². The zero-order valence-electron chi connectivity index (χ0n) is 18.5. The summed E-state index contributed by atoms with van der Waals surface area (Å²) in [6.07, 6.45) is 4.44. The molecule has 205 valence electrons. The van der Waals surface area contributed by atoms with Gasteiger partial charge in [0.05, 0.1) is 16.1 Å². The van der Waals surface area contributed by atoms with Gasteiger partial charge in [0.2, 0.25) is 11.8 Å². The maximum atomic E-state index is 13.4. The first-order valence-electron chi connectivity index (χ1n) is 9.57. The second-order valence-corrected chi connectivity index (χ2v) is 53.7. The summed E-state index contributed by atoms with van der Waals surface area (Å²) in [6, 6.07) is 4.73. The number of halogens is 7. The predicted molar refractivity (Wildman–Crippen MR) is 175 cm³/mol. The van der Waals surface area contributed by atoms with Gasteiger partial charge in [-0.15, -0.1) is 0 Å². The summed E-state index contributed by atoms with van der Waals surface area (Å²) >= 11 is 12.1. The molecule has 4 rings (SSSR count). The van der Waals surface area contributed by atoms with Gasteiger partial charge >= 0.3 is 114 Å². The Kier molecular flexibility index (Phi) is 18.2. The van der Waals surface area contributed by atoms with E-state index in [9.17, 15) is 28.5 Å². The number of amides is 2. The SMILES string of the molecule is NC(=O)c1ccc(F)c2c1C=C([N+](=O)[O-])CO2.NC(=O)c1ccc(F)c2c1C=CCO2.[I][V]([I])[I].[I][V][I]. The van der Waals surface area contributed by atoms with E-state index < -0.39 is 28.4 Å². The van der Waals surface area contributed by atoms with Crippen LogP contribution in [-0.4, -0.2) is 30.0 Å². The van der Waals surface area contributed by atoms with Crippen molar-refractivity contribution in [2.24, 2.45) is 11.5 Å². The maximum absolute atomic E-state index is 13.4. The Hall–Kier alpha value is 0.539. The zero-order valence-corrected chi connectivity index (χ0v) is 32.1. The molecule has 4 N–H and O–H groups in total. The Morgan fingerprint density at radius 3 is 1.84 bits per heavy atom. The van der Waals surface area contributed by atoms with Crippen molar-refractivity contribution in [3.05, 3.63) is 80.0 Å². The average molecular weight is 1170 g/mol. The van der Waals surface area contributed by atoms with Crippen LogP contribution < -0.4 is 20.9 Å². The molecule has 0 aliphatic carbocycles. The summed E-state index contributed by atoms with van der Waals surface area (Å²) in [6.45, 7) is -0.0364. The Morgan fingerprint density at radius 2 is 1.39 bits per heavy atom. The van der Waals surface area contributed by atoms with E-state index in [1.807, 2.05) is 0 Å². The van der Waals surface area contributed by atoms with Gasteiger partial charge < -0.3 is 20.9 Å². The van der Waals surface area contributed by atoms with Crippen LogP contribution in [0.5, 0.6) is 11.5 Å². The first-order valence-corrected chi connectivity index (χ1v) is 32.1. The Labute approximate surface area is 282 Å². The van der Waals surface area contributed by atoms with Crippen LogP contribution in [0.25, 0.3) is 12.2 Å². The summed E-state index contributed by atoms with van der Waals surface area (Å²) in [5.74, 6) is -2.64. The molecule has 2 aromatic rings. The van der Waals surface area contributed by atoms with Crippen molar-refractivity contribution in [1.29, 1.82) is 0 Å². The topological polar surface area (TPSA) is 148 Å². The number of ether oxygens (including phenoxy) is 2. The van der Waals surface area contributed by atoms with E-state index in [0.717, 1.165) is 12.1 Å². The van der Waals surface area contributed by atoms with Crippen molar-refractivity contribution in [3.63, 3.8) is 0 Å². The molecule has 0 aromatic heterocycles. The number of fused-ring (bicyclic) bond motifs is 2. The summed E-state index contributed by atoms with van der Waals surface area (Å²) < 4.78 is 36.6. The quantitative estimate of drug-likeness (QED) is 0.199. The van der Waals surface area contributed by atoms with Crippen LogP contribution in [0.1, 0.15) is 31.8 Å². The minimum absolute atomic E-state index is 0.00968. The number of nitrogens with zero attached hydrogens (tertiary/aromatic N) is 1. The average Bonchev–Trinajstić information content (AvgIpc) is 2.84. The molecule has 0 atom stereocenters. The van der Waals surface area contributed by atoms with Crippen LogP contribution >= 0.6 is 99.9 Å². The van der Waals surface area contributed by atoms with Gasteiger partial charge in [0.25, 0.3) is 5.70 Å². The molecule has 9 nitrogen and oxygen atoms in total. The van der Waals surface area contributed by atoms with Gasteiger partial charge in [-0.25, -0.2) is 8.78 Å². The van der Waals surface area contributed by atoms with Crippen LogP contribution in [0.4, 0.5) is 8.78 Å². The molecule has 38 heavy (non-hydrogen) atoms. The molecule has 18 heteroatoms. The molecule has 2 aromatic carbocycles. The number of benzene rings is 2. The van der Waals surface area contributed by atoms with Gasteiger partial charge in [0, 0.05) is 17.2 Å². The molecule has 0 bridgehead atoms. The van der Waals surface area contributed by atoms with Gasteiger partial charge in [-0.3, -0.25) is 19.7 Å². The van der Waals surface area contributed by atoms with Crippen molar-refractivity contribution in [3.8, 4) is 11.5 Å². The van der Waals surface area contributed by atoms with Crippen LogP contribution in [0.2, 0.25) is 0 Å². The number of carbonyl (C=O) groups excluding carboxylic acids is 2. The van der Waals surface area contributed by atoms with E-state index in [2.05, 4.69) is 99.9 Å². The molecule has 0 spiro atoms. The number of hydrogen-bond acceptors (Lipinski definition) is 6. The number of rotatable bonds is 3. The van der Waals surface area contributed by atoms with E-state index in [1.165, 1.54) is 18.2 Å². The summed E-state index contributed by atoms with van der Waals surface area (Å²) in [5.41, 5.74) is 10.7. The third kappa shape index (κ3) is 11.8. The van der Waals surface area contributed by atoms with Gasteiger partial charge in [-0.05, 0) is 30.3 Å². The third-order valence-electron chi connectivity index (χ3n) is 4.35. The van der Waals surface area contributed by atoms with Crippen LogP contribution in [0, 0.1) is 21.7 Å². The number of hydrogen-bond donors (Lipinski definition) is 2. The van der Waals surface area contributed by atoms with E-state index in [4.69, 9.17) is 20.9 Å². The molecule has 2 amide bonds. The fourth-order valence-electron chi connectivity index (χ4n) is 2.93. The van der Waals surface area contributed by atoms with E-state index in [1.54, 1.807) is 12.2 Å². The molecule has 2 heterocycles. The zero-order chi connectivity index (χ0) is 29.0. The summed E-state index contributed by atoms with van der Waals surface area (Å²) in [4.78, 5) is 31.7. The van der Waals surface area contributed by atoms with Gasteiger partial charge in [0.15, 0.2) is 29.7 Å². The molecule has 0 saturated carbocycles. The predicted octanol–water partition coefficient (Wildman–Crippen LogP) is 6.69. The molecular weight excluding hydrogens is 1150 g/mol. The molecule has 0 saturated heterocycles. The Bertz CT molecular complexity index is 1250. The normalized spacial score (nSPS) is 12.2. The molecule has 0 radical (unpaired) electrons. The minimum atomic E-state index is -0.800. The Morgan fingerprint density at radius 1 is 0.947 bits per heavy atom. The van der Waals surface area contributed by atoms with Crippen LogP contribution in [0.15, 0.2) is 36.0 Å². The van der Waals surface area contributed by atoms with E-state index in [0.29, 0.717) is 21.6 Å². The van der Waals surface area contributed by atoms with Crippen molar-refractivity contribution in [2.45, 2.75) is 0 Å². The molecule has 0 fully saturated rings. The molecule has 2 aliphatic heterocycles. The number of nitrogens with two attached hydrogens (primary N) is 2. The Balaban J connectivity index is 0.000000309. The van der Waals surface area contributed by atoms with E-state index >= 15 is 0 Å². The fourth-order valence-corrected chi connectivity index (χ4v) is 2.93. The van der Waals surface area contributed by atoms with E-state index in [-0.39, 0.29) is 45.4 Å². The first kappa shape index (κ1) is 36.6. The van der Waals surface area contributed by atoms with Crippen LogP contribution in [0.3, 0.4) is 0 Å². The van der Waals surface area contributed by atoms with Crippen molar-refractivity contribution in [1.82, 2.24) is 0 Å². The second kappa shape index (κ2) is 18.9. The van der Waals surface area contributed by atoms with Crippen molar-refractivity contribution in [2.75, 3.05) is 13.2 Å². The molecule has 2 aliphatic rings. The summed E-state index contributed by atoms with van der Waals surface area (Å²) in [7, 11) is 0.628. The number of nitro groups is 1. The number of carbonyl (C=O) groups is 2.